The summed E-state index contributed by atoms with van der Waals surface area (Å²) in [5.74, 6) is -0.146. The molecule has 3 rings (SSSR count). The zero-order valence-corrected chi connectivity index (χ0v) is 14.3. The lowest BCUT2D eigenvalue weighted by atomic mass is 9.98. The summed E-state index contributed by atoms with van der Waals surface area (Å²) in [6.07, 6.45) is 0.972. The Morgan fingerprint density at radius 3 is 2.74 bits per heavy atom. The second kappa shape index (κ2) is 5.49. The van der Waals surface area contributed by atoms with E-state index in [0.717, 1.165) is 12.8 Å². The number of rotatable bonds is 5. The average Bonchev–Trinajstić information content (AvgIpc) is 3.09. The molecule has 0 amide bonds. The zero-order valence-electron chi connectivity index (χ0n) is 13.5. The number of sulfonamides is 1. The van der Waals surface area contributed by atoms with Crippen LogP contribution in [0.3, 0.4) is 0 Å². The molecule has 1 aliphatic heterocycles. The molecular weight excluding hydrogens is 318 g/mol. The van der Waals surface area contributed by atoms with E-state index < -0.39 is 22.1 Å². The van der Waals surface area contributed by atoms with Crippen molar-refractivity contribution in [3.63, 3.8) is 0 Å². The molecule has 0 saturated heterocycles. The largest absolute Gasteiger partial charge is 0.478 e. The Bertz CT molecular complexity index is 739. The Labute approximate surface area is 136 Å². The van der Waals surface area contributed by atoms with Gasteiger partial charge in [0.1, 0.15) is 5.75 Å². The van der Waals surface area contributed by atoms with E-state index in [1.54, 1.807) is 19.1 Å². The fourth-order valence-electron chi connectivity index (χ4n) is 2.71. The second-order valence-electron chi connectivity index (χ2n) is 6.44. The molecule has 7 heteroatoms. The molecule has 1 aromatic rings. The van der Waals surface area contributed by atoms with Crippen LogP contribution in [-0.2, 0) is 19.6 Å². The fraction of sp³-hybridized carbons (Fsp3) is 0.562. The van der Waals surface area contributed by atoms with Crippen LogP contribution in [0.5, 0.6) is 5.75 Å². The number of carbonyl (C=O) groups excluding carboxylic acids is 1. The number of hydrogen-bond donors (Lipinski definition) is 1. The first-order chi connectivity index (χ1) is 10.8. The van der Waals surface area contributed by atoms with Gasteiger partial charge >= 0.3 is 5.97 Å². The lowest BCUT2D eigenvalue weighted by Gasteiger charge is -2.14. The van der Waals surface area contributed by atoms with Crippen molar-refractivity contribution in [2.24, 2.45) is 0 Å². The second-order valence-corrected chi connectivity index (χ2v) is 8.13. The van der Waals surface area contributed by atoms with Gasteiger partial charge in [0.25, 0.3) is 0 Å². The molecule has 1 heterocycles. The molecular formula is C16H21NO5S. The molecule has 6 nitrogen and oxygen atoms in total. The Morgan fingerprint density at radius 1 is 1.43 bits per heavy atom. The highest BCUT2D eigenvalue weighted by molar-refractivity contribution is 7.89. The van der Waals surface area contributed by atoms with Gasteiger partial charge in [-0.05, 0) is 44.9 Å². The zero-order chi connectivity index (χ0) is 16.8. The van der Waals surface area contributed by atoms with E-state index in [4.69, 9.17) is 9.47 Å². The molecule has 1 aliphatic carbocycles. The average molecular weight is 339 g/mol. The Morgan fingerprint density at radius 2 is 2.13 bits per heavy atom. The van der Waals surface area contributed by atoms with Crippen molar-refractivity contribution in [2.45, 2.75) is 56.1 Å². The number of carbonyl (C=O) groups is 1. The molecule has 23 heavy (non-hydrogen) atoms. The molecule has 2 unspecified atom stereocenters. The smallest absolute Gasteiger partial charge is 0.347 e. The van der Waals surface area contributed by atoms with Crippen molar-refractivity contribution in [2.75, 3.05) is 6.61 Å². The lowest BCUT2D eigenvalue weighted by molar-refractivity contribution is -0.151. The van der Waals surface area contributed by atoms with Crippen LogP contribution in [0.2, 0.25) is 0 Å². The molecule has 0 aromatic heterocycles. The Hall–Kier alpha value is -1.60. The maximum atomic E-state index is 12.5. The van der Waals surface area contributed by atoms with Crippen LogP contribution in [0.1, 0.15) is 45.1 Å². The van der Waals surface area contributed by atoms with E-state index in [2.05, 4.69) is 4.72 Å². The topological polar surface area (TPSA) is 81.7 Å². The van der Waals surface area contributed by atoms with Gasteiger partial charge in [-0.15, -0.1) is 0 Å². The maximum Gasteiger partial charge on any atom is 0.347 e. The minimum absolute atomic E-state index is 0.198. The quantitative estimate of drug-likeness (QED) is 0.829. The highest BCUT2D eigenvalue weighted by Crippen LogP contribution is 2.41. The van der Waals surface area contributed by atoms with E-state index in [1.165, 1.54) is 6.07 Å². The SMILES string of the molecule is CCOC(=O)C1Oc2ccc(S(=O)(=O)NC3(C)CC3)cc2C1C. The highest BCUT2D eigenvalue weighted by atomic mass is 32.2. The van der Waals surface area contributed by atoms with Gasteiger partial charge in [-0.1, -0.05) is 6.92 Å². The van der Waals surface area contributed by atoms with Crippen LogP contribution >= 0.6 is 0 Å². The van der Waals surface area contributed by atoms with Crippen molar-refractivity contribution < 1.29 is 22.7 Å². The molecule has 0 radical (unpaired) electrons. The van der Waals surface area contributed by atoms with Gasteiger partial charge in [-0.25, -0.2) is 17.9 Å². The summed E-state index contributed by atoms with van der Waals surface area (Å²) < 4.78 is 38.3. The van der Waals surface area contributed by atoms with E-state index in [-0.39, 0.29) is 23.0 Å². The number of hydrogen-bond acceptors (Lipinski definition) is 5. The number of fused-ring (bicyclic) bond motifs is 1. The van der Waals surface area contributed by atoms with Crippen LogP contribution in [0, 0.1) is 0 Å². The van der Waals surface area contributed by atoms with Crippen molar-refractivity contribution in [3.05, 3.63) is 23.8 Å². The third-order valence-electron chi connectivity index (χ3n) is 4.39. The van der Waals surface area contributed by atoms with Crippen molar-refractivity contribution >= 4 is 16.0 Å². The van der Waals surface area contributed by atoms with Crippen LogP contribution in [0.4, 0.5) is 0 Å². The number of esters is 1. The minimum atomic E-state index is -3.57. The summed E-state index contributed by atoms with van der Waals surface area (Å²) in [5.41, 5.74) is 0.389. The summed E-state index contributed by atoms with van der Waals surface area (Å²) in [6.45, 7) is 5.74. The first-order valence-electron chi connectivity index (χ1n) is 7.77. The van der Waals surface area contributed by atoms with Crippen molar-refractivity contribution in [1.29, 1.82) is 0 Å². The Balaban J connectivity index is 1.86. The minimum Gasteiger partial charge on any atom is -0.478 e. The molecule has 1 N–H and O–H groups in total. The predicted octanol–water partition coefficient (Wildman–Crippen LogP) is 1.94. The van der Waals surface area contributed by atoms with Gasteiger partial charge in [0.05, 0.1) is 11.5 Å². The van der Waals surface area contributed by atoms with Gasteiger partial charge in [0.15, 0.2) is 0 Å². The van der Waals surface area contributed by atoms with E-state index >= 15 is 0 Å². The summed E-state index contributed by atoms with van der Waals surface area (Å²) in [5, 5.41) is 0. The van der Waals surface area contributed by atoms with Gasteiger partial charge in [-0.2, -0.15) is 0 Å². The predicted molar refractivity (Wildman–Crippen MR) is 83.9 cm³/mol. The normalized spacial score (nSPS) is 24.7. The van der Waals surface area contributed by atoms with Gasteiger partial charge in [0, 0.05) is 17.0 Å². The number of benzene rings is 1. The fourth-order valence-corrected chi connectivity index (χ4v) is 4.21. The van der Waals surface area contributed by atoms with E-state index in [1.807, 2.05) is 13.8 Å². The summed E-state index contributed by atoms with van der Waals surface area (Å²) in [7, 11) is -3.57. The molecule has 0 bridgehead atoms. The monoisotopic (exact) mass is 339 g/mol. The standard InChI is InChI=1S/C16H21NO5S/c1-4-21-15(18)14-10(2)12-9-11(5-6-13(12)22-14)23(19,20)17-16(3)7-8-16/h5-6,9-10,14,17H,4,7-8H2,1-3H3. The van der Waals surface area contributed by atoms with Crippen LogP contribution < -0.4 is 9.46 Å². The third kappa shape index (κ3) is 3.07. The molecule has 1 fully saturated rings. The first-order valence-corrected chi connectivity index (χ1v) is 9.25. The number of nitrogens with one attached hydrogen (secondary N) is 1. The van der Waals surface area contributed by atoms with Gasteiger partial charge < -0.3 is 9.47 Å². The molecule has 0 spiro atoms. The first kappa shape index (κ1) is 16.3. The van der Waals surface area contributed by atoms with Crippen LogP contribution in [0.25, 0.3) is 0 Å². The van der Waals surface area contributed by atoms with Crippen LogP contribution in [-0.4, -0.2) is 32.6 Å². The molecule has 1 saturated carbocycles. The summed E-state index contributed by atoms with van der Waals surface area (Å²) in [4.78, 5) is 12.1. The van der Waals surface area contributed by atoms with E-state index in [0.29, 0.717) is 11.3 Å². The highest BCUT2D eigenvalue weighted by Gasteiger charge is 2.42. The van der Waals surface area contributed by atoms with Crippen molar-refractivity contribution in [1.82, 2.24) is 4.72 Å². The Kier molecular flexibility index (Phi) is 3.88. The van der Waals surface area contributed by atoms with Gasteiger partial charge in [0.2, 0.25) is 16.1 Å². The maximum absolute atomic E-state index is 12.5. The number of ether oxygens (including phenoxy) is 2. The van der Waals surface area contributed by atoms with Crippen molar-refractivity contribution in [3.8, 4) is 5.75 Å². The summed E-state index contributed by atoms with van der Waals surface area (Å²) >= 11 is 0. The van der Waals surface area contributed by atoms with Crippen LogP contribution in [0.15, 0.2) is 23.1 Å². The molecule has 126 valence electrons. The van der Waals surface area contributed by atoms with E-state index in [9.17, 15) is 13.2 Å². The lowest BCUT2D eigenvalue weighted by Crippen LogP contribution is -2.34. The molecule has 2 aliphatic rings. The third-order valence-corrected chi connectivity index (χ3v) is 6.03. The molecule has 1 aromatic carbocycles. The summed E-state index contributed by atoms with van der Waals surface area (Å²) in [6, 6.07) is 4.70. The molecule has 2 atom stereocenters. The van der Waals surface area contributed by atoms with Gasteiger partial charge in [-0.3, -0.25) is 0 Å².